The van der Waals surface area contributed by atoms with E-state index in [0.717, 1.165) is 6.92 Å². The molecule has 0 bridgehead atoms. The topological polar surface area (TPSA) is 17.1 Å². The first-order valence-electron chi connectivity index (χ1n) is 5.00. The molecule has 2 atom stereocenters. The number of ketones is 1. The highest BCUT2D eigenvalue weighted by Crippen LogP contribution is 2.33. The molecule has 0 N–H and O–H groups in total. The van der Waals surface area contributed by atoms with Gasteiger partial charge in [0.25, 0.3) is 0 Å². The van der Waals surface area contributed by atoms with Crippen molar-refractivity contribution in [1.29, 1.82) is 0 Å². The predicted octanol–water partition coefficient (Wildman–Crippen LogP) is 3.70. The summed E-state index contributed by atoms with van der Waals surface area (Å²) in [6, 6.07) is 8.05. The number of benzene rings is 1. The standard InChI is InChI=1S/C12H13F3O/c1-8(9(2)12(13,14)15)11(16)10-6-4-3-5-7-10/h3-9H,1-2H3. The van der Waals surface area contributed by atoms with Gasteiger partial charge >= 0.3 is 6.18 Å². The molecule has 0 aliphatic rings. The molecule has 4 heteroatoms. The van der Waals surface area contributed by atoms with Gasteiger partial charge in [0.2, 0.25) is 0 Å². The van der Waals surface area contributed by atoms with Crippen molar-refractivity contribution in [2.24, 2.45) is 11.8 Å². The van der Waals surface area contributed by atoms with Gasteiger partial charge in [-0.05, 0) is 0 Å². The van der Waals surface area contributed by atoms with Crippen molar-refractivity contribution in [3.8, 4) is 0 Å². The van der Waals surface area contributed by atoms with Gasteiger partial charge < -0.3 is 0 Å². The third kappa shape index (κ3) is 2.84. The number of alkyl halides is 3. The van der Waals surface area contributed by atoms with E-state index in [4.69, 9.17) is 0 Å². The van der Waals surface area contributed by atoms with E-state index in [0.29, 0.717) is 5.56 Å². The smallest absolute Gasteiger partial charge is 0.294 e. The highest BCUT2D eigenvalue weighted by atomic mass is 19.4. The Morgan fingerprint density at radius 1 is 1.12 bits per heavy atom. The van der Waals surface area contributed by atoms with Crippen molar-refractivity contribution in [3.63, 3.8) is 0 Å². The van der Waals surface area contributed by atoms with Crippen LogP contribution in [-0.2, 0) is 0 Å². The van der Waals surface area contributed by atoms with Crippen molar-refractivity contribution < 1.29 is 18.0 Å². The fourth-order valence-electron chi connectivity index (χ4n) is 1.38. The summed E-state index contributed by atoms with van der Waals surface area (Å²) in [5.74, 6) is -3.15. The van der Waals surface area contributed by atoms with Crippen LogP contribution in [0.4, 0.5) is 13.2 Å². The summed E-state index contributed by atoms with van der Waals surface area (Å²) in [6.07, 6.45) is -4.33. The minimum Gasteiger partial charge on any atom is -0.294 e. The average molecular weight is 230 g/mol. The molecule has 1 rings (SSSR count). The van der Waals surface area contributed by atoms with E-state index < -0.39 is 23.8 Å². The molecule has 0 spiro atoms. The lowest BCUT2D eigenvalue weighted by molar-refractivity contribution is -0.177. The number of carbonyl (C=O) groups excluding carboxylic acids is 1. The van der Waals surface area contributed by atoms with E-state index in [1.807, 2.05) is 0 Å². The summed E-state index contributed by atoms with van der Waals surface area (Å²) in [7, 11) is 0. The Bertz CT molecular complexity index is 356. The van der Waals surface area contributed by atoms with E-state index in [-0.39, 0.29) is 0 Å². The van der Waals surface area contributed by atoms with Crippen LogP contribution in [-0.4, -0.2) is 12.0 Å². The van der Waals surface area contributed by atoms with Crippen molar-refractivity contribution in [3.05, 3.63) is 35.9 Å². The van der Waals surface area contributed by atoms with Gasteiger partial charge in [0.15, 0.2) is 5.78 Å². The van der Waals surface area contributed by atoms with Gasteiger partial charge in [0.05, 0.1) is 5.92 Å². The number of carbonyl (C=O) groups is 1. The molecule has 0 amide bonds. The lowest BCUT2D eigenvalue weighted by atomic mass is 9.88. The maximum absolute atomic E-state index is 12.4. The van der Waals surface area contributed by atoms with Gasteiger partial charge in [-0.3, -0.25) is 4.79 Å². The molecule has 0 aromatic heterocycles. The third-order valence-electron chi connectivity index (χ3n) is 2.74. The third-order valence-corrected chi connectivity index (χ3v) is 2.74. The molecular weight excluding hydrogens is 217 g/mol. The summed E-state index contributed by atoms with van der Waals surface area (Å²) in [6.45, 7) is 2.35. The molecule has 1 aromatic rings. The predicted molar refractivity (Wildman–Crippen MR) is 55.2 cm³/mol. The second-order valence-electron chi connectivity index (χ2n) is 3.85. The maximum Gasteiger partial charge on any atom is 0.392 e. The zero-order valence-corrected chi connectivity index (χ0v) is 9.08. The van der Waals surface area contributed by atoms with Gasteiger partial charge in [0.1, 0.15) is 0 Å². The first-order chi connectivity index (χ1) is 7.34. The molecule has 1 aromatic carbocycles. The van der Waals surface area contributed by atoms with Crippen LogP contribution >= 0.6 is 0 Å². The molecule has 0 saturated heterocycles. The van der Waals surface area contributed by atoms with Crippen molar-refractivity contribution >= 4 is 5.78 Å². The summed E-state index contributed by atoms with van der Waals surface area (Å²) in [4.78, 5) is 11.7. The van der Waals surface area contributed by atoms with E-state index in [1.165, 1.54) is 19.1 Å². The van der Waals surface area contributed by atoms with Crippen LogP contribution in [0.3, 0.4) is 0 Å². The number of rotatable bonds is 3. The molecule has 0 heterocycles. The molecule has 0 saturated carbocycles. The molecule has 1 nitrogen and oxygen atoms in total. The molecule has 16 heavy (non-hydrogen) atoms. The van der Waals surface area contributed by atoms with E-state index in [9.17, 15) is 18.0 Å². The Morgan fingerprint density at radius 2 is 1.62 bits per heavy atom. The second-order valence-corrected chi connectivity index (χ2v) is 3.85. The zero-order chi connectivity index (χ0) is 12.3. The van der Waals surface area contributed by atoms with Crippen LogP contribution in [0.25, 0.3) is 0 Å². The molecule has 0 aliphatic heterocycles. The van der Waals surface area contributed by atoms with Crippen LogP contribution in [0, 0.1) is 11.8 Å². The van der Waals surface area contributed by atoms with Crippen molar-refractivity contribution in [2.75, 3.05) is 0 Å². The Kier molecular flexibility index (Phi) is 3.73. The highest BCUT2D eigenvalue weighted by Gasteiger charge is 2.41. The number of Topliss-reactive ketones (excluding diaryl/α,β-unsaturated/α-hetero) is 1. The first-order valence-corrected chi connectivity index (χ1v) is 5.00. The normalized spacial score (nSPS) is 15.6. The quantitative estimate of drug-likeness (QED) is 0.723. The van der Waals surface area contributed by atoms with Gasteiger partial charge in [-0.25, -0.2) is 0 Å². The van der Waals surface area contributed by atoms with Gasteiger partial charge in [-0.2, -0.15) is 13.2 Å². The van der Waals surface area contributed by atoms with Crippen LogP contribution in [0.1, 0.15) is 24.2 Å². The Hall–Kier alpha value is -1.32. The Morgan fingerprint density at radius 3 is 2.06 bits per heavy atom. The molecule has 0 fully saturated rings. The molecule has 0 radical (unpaired) electrons. The van der Waals surface area contributed by atoms with Crippen molar-refractivity contribution in [1.82, 2.24) is 0 Å². The molecule has 2 unspecified atom stereocenters. The summed E-state index contributed by atoms with van der Waals surface area (Å²) in [5, 5.41) is 0. The zero-order valence-electron chi connectivity index (χ0n) is 9.08. The van der Waals surface area contributed by atoms with Crippen LogP contribution in [0.15, 0.2) is 30.3 Å². The Balaban J connectivity index is 2.84. The summed E-state index contributed by atoms with van der Waals surface area (Å²) in [5.41, 5.74) is 0.325. The maximum atomic E-state index is 12.4. The number of hydrogen-bond donors (Lipinski definition) is 0. The number of halogens is 3. The SMILES string of the molecule is CC(C(=O)c1ccccc1)C(C)C(F)(F)F. The first kappa shape index (κ1) is 12.7. The summed E-state index contributed by atoms with van der Waals surface area (Å²) < 4.78 is 37.3. The lowest BCUT2D eigenvalue weighted by Gasteiger charge is -2.21. The largest absolute Gasteiger partial charge is 0.392 e. The van der Waals surface area contributed by atoms with Gasteiger partial charge in [-0.15, -0.1) is 0 Å². The van der Waals surface area contributed by atoms with E-state index >= 15 is 0 Å². The highest BCUT2D eigenvalue weighted by molar-refractivity contribution is 5.97. The molecular formula is C12H13F3O. The number of hydrogen-bond acceptors (Lipinski definition) is 1. The van der Waals surface area contributed by atoms with Crippen molar-refractivity contribution in [2.45, 2.75) is 20.0 Å². The minimum atomic E-state index is -4.33. The van der Waals surface area contributed by atoms with E-state index in [1.54, 1.807) is 18.2 Å². The van der Waals surface area contributed by atoms with Crippen LogP contribution in [0.2, 0.25) is 0 Å². The Labute approximate surface area is 92.3 Å². The lowest BCUT2D eigenvalue weighted by Crippen LogP contribution is -2.31. The van der Waals surface area contributed by atoms with Crippen LogP contribution in [0.5, 0.6) is 0 Å². The van der Waals surface area contributed by atoms with Crippen LogP contribution < -0.4 is 0 Å². The molecule has 88 valence electrons. The molecule has 0 aliphatic carbocycles. The fourth-order valence-corrected chi connectivity index (χ4v) is 1.38. The van der Waals surface area contributed by atoms with Gasteiger partial charge in [0, 0.05) is 11.5 Å². The second kappa shape index (κ2) is 4.68. The minimum absolute atomic E-state index is 0.325. The van der Waals surface area contributed by atoms with E-state index in [2.05, 4.69) is 0 Å². The average Bonchev–Trinajstić information content (AvgIpc) is 2.26. The van der Waals surface area contributed by atoms with Gasteiger partial charge in [-0.1, -0.05) is 44.2 Å². The fraction of sp³-hybridized carbons (Fsp3) is 0.417. The summed E-state index contributed by atoms with van der Waals surface area (Å²) >= 11 is 0. The monoisotopic (exact) mass is 230 g/mol.